The standard InChI is InChI=1S/C25H28N6/c1-30-15-22(28-17-30)16-31-14-20(8-9-26)23-7-6-18(10-25(23)31)12-27-13-21-11-19-4-2-3-5-24(19)29-21/h2-7,10-11,14-15,17,27,29H,8-9,12-13,16,26H2,1H3. The first kappa shape index (κ1) is 19.6. The van der Waals surface area contributed by atoms with Gasteiger partial charge in [-0.25, -0.2) is 4.98 Å². The molecule has 0 unspecified atom stereocenters. The summed E-state index contributed by atoms with van der Waals surface area (Å²) in [5.41, 5.74) is 13.1. The molecule has 0 spiro atoms. The van der Waals surface area contributed by atoms with Gasteiger partial charge in [-0.1, -0.05) is 30.3 Å². The molecule has 0 radical (unpaired) electrons. The first-order valence-corrected chi connectivity index (χ1v) is 10.7. The van der Waals surface area contributed by atoms with Crippen molar-refractivity contribution in [3.8, 4) is 0 Å². The smallest absolute Gasteiger partial charge is 0.0947 e. The largest absolute Gasteiger partial charge is 0.357 e. The summed E-state index contributed by atoms with van der Waals surface area (Å²) in [6.07, 6.45) is 7.03. The van der Waals surface area contributed by atoms with E-state index in [4.69, 9.17) is 5.73 Å². The van der Waals surface area contributed by atoms with Gasteiger partial charge in [0.2, 0.25) is 0 Å². The lowest BCUT2D eigenvalue weighted by Crippen LogP contribution is -2.13. The number of nitrogens with zero attached hydrogens (tertiary/aromatic N) is 3. The van der Waals surface area contributed by atoms with E-state index in [1.165, 1.54) is 38.6 Å². The monoisotopic (exact) mass is 412 g/mol. The second kappa shape index (κ2) is 8.41. The Balaban J connectivity index is 1.35. The molecule has 6 heteroatoms. The number of nitrogens with one attached hydrogen (secondary N) is 2. The van der Waals surface area contributed by atoms with Gasteiger partial charge in [-0.05, 0) is 47.7 Å². The van der Waals surface area contributed by atoms with Crippen LogP contribution < -0.4 is 11.1 Å². The van der Waals surface area contributed by atoms with Gasteiger partial charge in [-0.3, -0.25) is 0 Å². The van der Waals surface area contributed by atoms with Gasteiger partial charge in [0.05, 0.1) is 18.6 Å². The second-order valence-electron chi connectivity index (χ2n) is 8.19. The third kappa shape index (κ3) is 4.13. The number of H-pyrrole nitrogens is 1. The lowest BCUT2D eigenvalue weighted by molar-refractivity contribution is 0.683. The zero-order chi connectivity index (χ0) is 21.2. The molecule has 3 aromatic heterocycles. The maximum atomic E-state index is 5.86. The number of hydrogen-bond acceptors (Lipinski definition) is 3. The SMILES string of the molecule is Cn1cnc(Cn2cc(CCN)c3ccc(CNCc4cc5ccccc5[nH]4)cc32)c1. The van der Waals surface area contributed by atoms with E-state index < -0.39 is 0 Å². The van der Waals surface area contributed by atoms with Crippen LogP contribution in [0.3, 0.4) is 0 Å². The zero-order valence-corrected chi connectivity index (χ0v) is 17.8. The Hall–Kier alpha value is -3.35. The molecule has 0 amide bonds. The van der Waals surface area contributed by atoms with Crippen molar-refractivity contribution >= 4 is 21.8 Å². The van der Waals surface area contributed by atoms with Crippen LogP contribution in [0.25, 0.3) is 21.8 Å². The Morgan fingerprint density at radius 1 is 1.06 bits per heavy atom. The Morgan fingerprint density at radius 2 is 1.97 bits per heavy atom. The topological polar surface area (TPSA) is 76.6 Å². The van der Waals surface area contributed by atoms with Crippen molar-refractivity contribution in [2.75, 3.05) is 6.54 Å². The van der Waals surface area contributed by atoms with Gasteiger partial charge in [0.25, 0.3) is 0 Å². The highest BCUT2D eigenvalue weighted by atomic mass is 15.0. The molecule has 31 heavy (non-hydrogen) atoms. The highest BCUT2D eigenvalue weighted by Gasteiger charge is 2.11. The summed E-state index contributed by atoms with van der Waals surface area (Å²) in [5.74, 6) is 0. The maximum absolute atomic E-state index is 5.86. The third-order valence-corrected chi connectivity index (χ3v) is 5.76. The number of aryl methyl sites for hydroxylation is 1. The average molecular weight is 413 g/mol. The molecular formula is C25H28N6. The molecule has 2 aromatic carbocycles. The summed E-state index contributed by atoms with van der Waals surface area (Å²) < 4.78 is 4.28. The summed E-state index contributed by atoms with van der Waals surface area (Å²) in [6, 6.07) is 17.3. The normalized spacial score (nSPS) is 11.7. The second-order valence-corrected chi connectivity index (χ2v) is 8.19. The predicted molar refractivity (Wildman–Crippen MR) is 126 cm³/mol. The van der Waals surface area contributed by atoms with Gasteiger partial charge in [-0.15, -0.1) is 0 Å². The molecule has 3 heterocycles. The molecule has 0 saturated carbocycles. The van der Waals surface area contributed by atoms with Crippen LogP contribution in [0.2, 0.25) is 0 Å². The van der Waals surface area contributed by atoms with E-state index in [0.717, 1.165) is 31.7 Å². The number of hydrogen-bond donors (Lipinski definition) is 3. The van der Waals surface area contributed by atoms with Crippen LogP contribution in [0.4, 0.5) is 0 Å². The number of benzene rings is 2. The van der Waals surface area contributed by atoms with Gasteiger partial charge in [-0.2, -0.15) is 0 Å². The minimum atomic E-state index is 0.649. The highest BCUT2D eigenvalue weighted by Crippen LogP contribution is 2.24. The number of para-hydroxylation sites is 1. The number of aromatic amines is 1. The first-order valence-electron chi connectivity index (χ1n) is 10.7. The Morgan fingerprint density at radius 3 is 2.77 bits per heavy atom. The van der Waals surface area contributed by atoms with Crippen molar-refractivity contribution in [1.29, 1.82) is 0 Å². The van der Waals surface area contributed by atoms with Crippen molar-refractivity contribution in [1.82, 2.24) is 24.4 Å². The Labute approximate surface area is 181 Å². The van der Waals surface area contributed by atoms with Gasteiger partial charge in [0.1, 0.15) is 0 Å². The minimum Gasteiger partial charge on any atom is -0.357 e. The quantitative estimate of drug-likeness (QED) is 0.364. The molecule has 5 rings (SSSR count). The van der Waals surface area contributed by atoms with E-state index >= 15 is 0 Å². The van der Waals surface area contributed by atoms with Crippen molar-refractivity contribution < 1.29 is 0 Å². The molecule has 0 fully saturated rings. The molecular weight excluding hydrogens is 384 g/mol. The lowest BCUT2D eigenvalue weighted by Gasteiger charge is -2.07. The molecule has 5 aromatic rings. The average Bonchev–Trinajstić information content (AvgIpc) is 3.46. The third-order valence-electron chi connectivity index (χ3n) is 5.76. The van der Waals surface area contributed by atoms with E-state index in [1.54, 1.807) is 0 Å². The van der Waals surface area contributed by atoms with Crippen molar-refractivity contribution in [3.05, 3.63) is 89.8 Å². The number of rotatable bonds is 8. The molecule has 0 bridgehead atoms. The van der Waals surface area contributed by atoms with E-state index in [9.17, 15) is 0 Å². The molecule has 0 aliphatic heterocycles. The molecule has 4 N–H and O–H groups in total. The minimum absolute atomic E-state index is 0.649. The summed E-state index contributed by atoms with van der Waals surface area (Å²) in [7, 11) is 2.00. The molecule has 0 saturated heterocycles. The molecule has 158 valence electrons. The fourth-order valence-electron chi connectivity index (χ4n) is 4.30. The summed E-state index contributed by atoms with van der Waals surface area (Å²) >= 11 is 0. The van der Waals surface area contributed by atoms with Gasteiger partial charge in [0.15, 0.2) is 0 Å². The summed E-state index contributed by atoms with van der Waals surface area (Å²) in [5, 5.41) is 6.10. The van der Waals surface area contributed by atoms with Crippen molar-refractivity contribution in [2.24, 2.45) is 12.8 Å². The van der Waals surface area contributed by atoms with E-state index in [-0.39, 0.29) is 0 Å². The predicted octanol–water partition coefficient (Wildman–Crippen LogP) is 3.70. The molecule has 0 aliphatic rings. The number of aromatic nitrogens is 4. The van der Waals surface area contributed by atoms with Crippen molar-refractivity contribution in [2.45, 2.75) is 26.1 Å². The van der Waals surface area contributed by atoms with E-state index in [0.29, 0.717) is 6.54 Å². The van der Waals surface area contributed by atoms with Crippen molar-refractivity contribution in [3.63, 3.8) is 0 Å². The van der Waals surface area contributed by atoms with Crippen LogP contribution >= 0.6 is 0 Å². The Kier molecular flexibility index (Phi) is 5.32. The maximum Gasteiger partial charge on any atom is 0.0947 e. The lowest BCUT2D eigenvalue weighted by atomic mass is 10.1. The number of imidazole rings is 1. The van der Waals surface area contributed by atoms with E-state index in [2.05, 4.69) is 80.8 Å². The Bertz CT molecular complexity index is 1290. The van der Waals surface area contributed by atoms with E-state index in [1.807, 2.05) is 17.9 Å². The van der Waals surface area contributed by atoms with Crippen LogP contribution in [-0.2, 0) is 33.1 Å². The van der Waals surface area contributed by atoms with Crippen LogP contribution in [0, 0.1) is 0 Å². The van der Waals surface area contributed by atoms with Crippen LogP contribution in [0.1, 0.15) is 22.5 Å². The summed E-state index contributed by atoms with van der Waals surface area (Å²) in [4.78, 5) is 7.98. The summed E-state index contributed by atoms with van der Waals surface area (Å²) in [6.45, 7) is 3.02. The molecule has 0 atom stereocenters. The van der Waals surface area contributed by atoms with Crippen LogP contribution in [0.5, 0.6) is 0 Å². The van der Waals surface area contributed by atoms with Crippen LogP contribution in [-0.4, -0.2) is 25.6 Å². The van der Waals surface area contributed by atoms with Gasteiger partial charge >= 0.3 is 0 Å². The van der Waals surface area contributed by atoms with Gasteiger partial charge in [0, 0.05) is 54.6 Å². The fraction of sp³-hybridized carbons (Fsp3) is 0.240. The van der Waals surface area contributed by atoms with Gasteiger partial charge < -0.3 is 25.2 Å². The molecule has 6 nitrogen and oxygen atoms in total. The van der Waals surface area contributed by atoms with Crippen LogP contribution in [0.15, 0.2) is 67.3 Å². The molecule has 0 aliphatic carbocycles. The number of nitrogens with two attached hydrogens (primary N) is 1. The number of fused-ring (bicyclic) bond motifs is 2. The first-order chi connectivity index (χ1) is 15.2. The zero-order valence-electron chi connectivity index (χ0n) is 17.8. The highest BCUT2D eigenvalue weighted by molar-refractivity contribution is 5.85. The fourth-order valence-corrected chi connectivity index (χ4v) is 4.30.